The molecule has 0 saturated carbocycles. The van der Waals surface area contributed by atoms with Gasteiger partial charge in [0.1, 0.15) is 5.25 Å². The van der Waals surface area contributed by atoms with Crippen LogP contribution in [0.3, 0.4) is 0 Å². The summed E-state index contributed by atoms with van der Waals surface area (Å²) in [5.41, 5.74) is 7.22. The van der Waals surface area contributed by atoms with E-state index in [9.17, 15) is 9.59 Å². The Morgan fingerprint density at radius 1 is 1.04 bits per heavy atom. The van der Waals surface area contributed by atoms with Gasteiger partial charge in [-0.15, -0.1) is 0 Å². The summed E-state index contributed by atoms with van der Waals surface area (Å²) in [6, 6.07) is 20.4. The molecule has 1 fully saturated rings. The highest BCUT2D eigenvalue weighted by Crippen LogP contribution is 2.31. The molecule has 1 heterocycles. The van der Waals surface area contributed by atoms with Gasteiger partial charge in [-0.25, -0.2) is 9.89 Å². The molecule has 4 rings (SSSR count). The lowest BCUT2D eigenvalue weighted by atomic mass is 10.1. The molecule has 0 aliphatic carbocycles. The number of aliphatic imine (C=N–C) groups is 1. The number of nitrogens with two attached hydrogens (primary N) is 1. The molecule has 0 spiro atoms. The summed E-state index contributed by atoms with van der Waals surface area (Å²) in [7, 11) is 0. The summed E-state index contributed by atoms with van der Waals surface area (Å²) in [5, 5.41) is 2.28. The van der Waals surface area contributed by atoms with E-state index in [1.54, 1.807) is 24.3 Å². The summed E-state index contributed by atoms with van der Waals surface area (Å²) in [6.45, 7) is 0. The Balaban J connectivity index is 1.52. The minimum Gasteiger partial charge on any atom is -0.378 e. The number of amides is 2. The molecule has 7 heteroatoms. The number of fused-ring (bicyclic) bond motifs is 1. The first-order chi connectivity index (χ1) is 13.5. The fourth-order valence-electron chi connectivity index (χ4n) is 3.13. The second-order valence-electron chi connectivity index (χ2n) is 6.34. The average molecular weight is 410 g/mol. The maximum atomic E-state index is 12.7. The highest BCUT2D eigenvalue weighted by atomic mass is 35.5. The van der Waals surface area contributed by atoms with Crippen molar-refractivity contribution in [2.45, 2.75) is 11.7 Å². The lowest BCUT2D eigenvalue weighted by molar-refractivity contribution is -0.121. The molecule has 0 bridgehead atoms. The molecule has 1 aliphatic rings. The third-order valence-corrected chi connectivity index (χ3v) is 5.63. The molecule has 28 heavy (non-hydrogen) atoms. The maximum absolute atomic E-state index is 12.7. The molecule has 0 aromatic heterocycles. The van der Waals surface area contributed by atoms with Crippen LogP contribution in [0.4, 0.5) is 11.4 Å². The molecule has 140 valence electrons. The van der Waals surface area contributed by atoms with Crippen LogP contribution in [0.5, 0.6) is 0 Å². The molecular formula is C21H16ClN3O2S. The third-order valence-electron chi connectivity index (χ3n) is 4.41. The zero-order valence-electron chi connectivity index (χ0n) is 14.7. The van der Waals surface area contributed by atoms with E-state index in [1.165, 1.54) is 0 Å². The van der Waals surface area contributed by atoms with Crippen LogP contribution in [0.25, 0.3) is 10.8 Å². The van der Waals surface area contributed by atoms with Gasteiger partial charge in [0, 0.05) is 11.4 Å². The van der Waals surface area contributed by atoms with Gasteiger partial charge < -0.3 is 5.73 Å². The molecule has 1 atom stereocenters. The molecular weight excluding hydrogens is 394 g/mol. The molecule has 2 amide bonds. The van der Waals surface area contributed by atoms with Crippen molar-refractivity contribution in [3.8, 4) is 0 Å². The largest absolute Gasteiger partial charge is 0.378 e. The van der Waals surface area contributed by atoms with E-state index in [4.69, 9.17) is 17.3 Å². The Kier molecular flexibility index (Phi) is 5.07. The van der Waals surface area contributed by atoms with Crippen LogP contribution in [0, 0.1) is 0 Å². The number of rotatable bonds is 3. The lowest BCUT2D eigenvalue weighted by Crippen LogP contribution is -2.31. The SMILES string of the molecule is NC(=Nc1ccc2ccccc2c1)S[C@@H]1CC(=O)N(c2cccc(Cl)c2)C1=O. The summed E-state index contributed by atoms with van der Waals surface area (Å²) < 4.78 is 0. The van der Waals surface area contributed by atoms with Crippen molar-refractivity contribution in [3.63, 3.8) is 0 Å². The van der Waals surface area contributed by atoms with Crippen LogP contribution in [0.2, 0.25) is 5.02 Å². The van der Waals surface area contributed by atoms with Crippen LogP contribution in [0.1, 0.15) is 6.42 Å². The lowest BCUT2D eigenvalue weighted by Gasteiger charge is -2.15. The summed E-state index contributed by atoms with van der Waals surface area (Å²) in [5.74, 6) is -0.586. The molecule has 1 aliphatic heterocycles. The number of amidine groups is 1. The summed E-state index contributed by atoms with van der Waals surface area (Å²) >= 11 is 7.08. The van der Waals surface area contributed by atoms with Gasteiger partial charge in [-0.3, -0.25) is 9.59 Å². The number of imide groups is 1. The van der Waals surface area contributed by atoms with Crippen molar-refractivity contribution in [1.29, 1.82) is 0 Å². The fraction of sp³-hybridized carbons (Fsp3) is 0.0952. The number of hydrogen-bond acceptors (Lipinski definition) is 4. The molecule has 5 nitrogen and oxygen atoms in total. The number of carbonyl (C=O) groups excluding carboxylic acids is 2. The van der Waals surface area contributed by atoms with E-state index in [2.05, 4.69) is 4.99 Å². The summed E-state index contributed by atoms with van der Waals surface area (Å²) in [4.78, 5) is 30.6. The van der Waals surface area contributed by atoms with E-state index in [1.807, 2.05) is 42.5 Å². The van der Waals surface area contributed by atoms with Gasteiger partial charge in [-0.05, 0) is 41.1 Å². The molecule has 3 aromatic rings. The molecule has 3 aromatic carbocycles. The van der Waals surface area contributed by atoms with Gasteiger partial charge >= 0.3 is 0 Å². The summed E-state index contributed by atoms with van der Waals surface area (Å²) in [6.07, 6.45) is 0.0734. The highest BCUT2D eigenvalue weighted by molar-refractivity contribution is 8.15. The van der Waals surface area contributed by atoms with Gasteiger partial charge in [-0.1, -0.05) is 59.8 Å². The topological polar surface area (TPSA) is 75.8 Å². The van der Waals surface area contributed by atoms with Gasteiger partial charge in [-0.2, -0.15) is 0 Å². The van der Waals surface area contributed by atoms with E-state index in [-0.39, 0.29) is 23.4 Å². The predicted octanol–water partition coefficient (Wildman–Crippen LogP) is 4.50. The standard InChI is InChI=1S/C21H16ClN3O2S/c22-15-6-3-7-17(11-15)25-19(26)12-18(20(25)27)28-21(23)24-16-9-8-13-4-1-2-5-14(13)10-16/h1-11,18H,12H2,(H2,23,24)/t18-/m1/s1. The molecule has 0 unspecified atom stereocenters. The van der Waals surface area contributed by atoms with Crippen LogP contribution in [0.15, 0.2) is 71.7 Å². The Bertz CT molecular complexity index is 1120. The van der Waals surface area contributed by atoms with Crippen molar-refractivity contribution >= 4 is 62.5 Å². The fourth-order valence-corrected chi connectivity index (χ4v) is 4.19. The molecule has 0 radical (unpaired) electrons. The zero-order chi connectivity index (χ0) is 19.7. The van der Waals surface area contributed by atoms with Crippen molar-refractivity contribution in [3.05, 3.63) is 71.8 Å². The zero-order valence-corrected chi connectivity index (χ0v) is 16.3. The number of anilines is 1. The van der Waals surface area contributed by atoms with Crippen LogP contribution >= 0.6 is 23.4 Å². The van der Waals surface area contributed by atoms with Crippen LogP contribution < -0.4 is 10.6 Å². The normalized spacial score (nSPS) is 17.5. The first-order valence-electron chi connectivity index (χ1n) is 8.63. The first kappa shape index (κ1) is 18.5. The van der Waals surface area contributed by atoms with Crippen molar-refractivity contribution in [2.24, 2.45) is 10.7 Å². The van der Waals surface area contributed by atoms with Crippen molar-refractivity contribution in [1.82, 2.24) is 0 Å². The number of hydrogen-bond donors (Lipinski definition) is 1. The van der Waals surface area contributed by atoms with Gasteiger partial charge in [0.15, 0.2) is 5.17 Å². The van der Waals surface area contributed by atoms with Crippen LogP contribution in [-0.2, 0) is 9.59 Å². The van der Waals surface area contributed by atoms with E-state index < -0.39 is 5.25 Å². The van der Waals surface area contributed by atoms with Crippen LogP contribution in [-0.4, -0.2) is 22.2 Å². The Morgan fingerprint density at radius 3 is 2.61 bits per heavy atom. The molecule has 1 saturated heterocycles. The highest BCUT2D eigenvalue weighted by Gasteiger charge is 2.40. The quantitative estimate of drug-likeness (QED) is 0.392. The Morgan fingerprint density at radius 2 is 1.82 bits per heavy atom. The third kappa shape index (κ3) is 3.74. The number of thioether (sulfide) groups is 1. The minimum absolute atomic E-state index is 0.0734. The smallest absolute Gasteiger partial charge is 0.247 e. The first-order valence-corrected chi connectivity index (χ1v) is 9.89. The maximum Gasteiger partial charge on any atom is 0.247 e. The van der Waals surface area contributed by atoms with Crippen molar-refractivity contribution < 1.29 is 9.59 Å². The van der Waals surface area contributed by atoms with E-state index >= 15 is 0 Å². The van der Waals surface area contributed by atoms with Crippen molar-refractivity contribution in [2.75, 3.05) is 4.90 Å². The Labute approximate surface area is 171 Å². The van der Waals surface area contributed by atoms with Gasteiger partial charge in [0.25, 0.3) is 0 Å². The number of nitrogens with zero attached hydrogens (tertiary/aromatic N) is 2. The minimum atomic E-state index is -0.601. The second-order valence-corrected chi connectivity index (χ2v) is 8.00. The van der Waals surface area contributed by atoms with E-state index in [0.29, 0.717) is 16.4 Å². The number of benzene rings is 3. The predicted molar refractivity (Wildman–Crippen MR) is 115 cm³/mol. The Hall–Kier alpha value is -2.83. The van der Waals surface area contributed by atoms with E-state index in [0.717, 1.165) is 27.4 Å². The monoisotopic (exact) mass is 409 g/mol. The average Bonchev–Trinajstić information content (AvgIpc) is 2.94. The van der Waals surface area contributed by atoms with Gasteiger partial charge in [0.2, 0.25) is 11.8 Å². The number of carbonyl (C=O) groups is 2. The molecule has 2 N–H and O–H groups in total. The number of halogens is 1. The second kappa shape index (κ2) is 7.66. The van der Waals surface area contributed by atoms with Gasteiger partial charge in [0.05, 0.1) is 11.4 Å².